The van der Waals surface area contributed by atoms with Crippen molar-refractivity contribution in [1.29, 1.82) is 0 Å². The van der Waals surface area contributed by atoms with E-state index in [-0.39, 0.29) is 17.8 Å². The number of carbonyl (C=O) groups excluding carboxylic acids is 1. The highest BCUT2D eigenvalue weighted by Crippen LogP contribution is 2.43. The van der Waals surface area contributed by atoms with Crippen LogP contribution in [0.1, 0.15) is 37.3 Å². The van der Waals surface area contributed by atoms with Gasteiger partial charge in [0.05, 0.1) is 16.9 Å². The van der Waals surface area contributed by atoms with E-state index in [4.69, 9.17) is 0 Å². The molecule has 2 fully saturated rings. The molecule has 3 atom stereocenters. The number of nitrogens with zero attached hydrogens (tertiary/aromatic N) is 3. The van der Waals surface area contributed by atoms with E-state index in [1.807, 2.05) is 0 Å². The van der Waals surface area contributed by atoms with Gasteiger partial charge >= 0.3 is 12.2 Å². The second-order valence-electron chi connectivity index (χ2n) is 7.78. The van der Waals surface area contributed by atoms with Gasteiger partial charge in [-0.15, -0.1) is 0 Å². The highest BCUT2D eigenvalue weighted by atomic mass is 19.4. The fraction of sp³-hybridized carbons (Fsp3) is 0.450. The van der Waals surface area contributed by atoms with Crippen molar-refractivity contribution < 1.29 is 18.0 Å². The number of piperidine rings is 1. The molecule has 2 amide bonds. The Balaban J connectivity index is 1.67. The molecule has 2 unspecified atom stereocenters. The smallest absolute Gasteiger partial charge is 0.318 e. The summed E-state index contributed by atoms with van der Waals surface area (Å²) < 4.78 is 40.8. The van der Waals surface area contributed by atoms with Crippen LogP contribution in [-0.4, -0.2) is 33.2 Å². The Morgan fingerprint density at radius 1 is 1.21 bits per heavy atom. The summed E-state index contributed by atoms with van der Waals surface area (Å²) in [5.74, 6) is 0.543. The number of aromatic nitrogens is 2. The van der Waals surface area contributed by atoms with Gasteiger partial charge in [-0.2, -0.15) is 23.4 Å². The minimum atomic E-state index is -4.58. The molecule has 2 bridgehead atoms. The maximum atomic E-state index is 13.6. The van der Waals surface area contributed by atoms with E-state index in [2.05, 4.69) is 22.4 Å². The zero-order valence-corrected chi connectivity index (χ0v) is 15.6. The minimum Gasteiger partial charge on any atom is -0.318 e. The van der Waals surface area contributed by atoms with Crippen molar-refractivity contribution in [1.82, 2.24) is 15.1 Å². The Bertz CT molecular complexity index is 888. The molecule has 0 saturated carbocycles. The Morgan fingerprint density at radius 3 is 2.54 bits per heavy atom. The second kappa shape index (κ2) is 6.76. The summed E-state index contributed by atoms with van der Waals surface area (Å²) in [6.45, 7) is 3.73. The first kappa shape index (κ1) is 18.7. The third-order valence-electron chi connectivity index (χ3n) is 5.67. The number of hydrogen-bond acceptors (Lipinski definition) is 3. The average molecular weight is 390 g/mol. The highest BCUT2D eigenvalue weighted by molar-refractivity contribution is 5.92. The van der Waals surface area contributed by atoms with Crippen LogP contribution in [0.5, 0.6) is 0 Å². The first-order chi connectivity index (χ1) is 13.2. The summed E-state index contributed by atoms with van der Waals surface area (Å²) in [4.78, 5) is 14.4. The molecule has 1 aromatic heterocycles. The molecule has 148 valence electrons. The molecule has 4 rings (SSSR count). The number of anilines is 1. The Labute approximate surface area is 161 Å². The average Bonchev–Trinajstić information content (AvgIpc) is 2.62. The summed E-state index contributed by atoms with van der Waals surface area (Å²) in [6, 6.07) is 5.51. The number of alkyl halides is 3. The molecule has 8 heteroatoms. The standard InChI is InChI=1S/C20H21F3N4O/c1-11-6-13-9-14(7-11)27(13)19(28)25-18-10-15(17-4-3-5-24-26-17)12(2)8-16(18)20(21,22)23/h3-5,8,10-11,13-14H,6-7,9H2,1-2H3,(H,25,28)/t11?,13-,14?/m0/s1. The third kappa shape index (κ3) is 3.31. The van der Waals surface area contributed by atoms with Crippen LogP contribution in [0.15, 0.2) is 30.5 Å². The lowest BCUT2D eigenvalue weighted by Crippen LogP contribution is -2.63. The summed E-state index contributed by atoms with van der Waals surface area (Å²) >= 11 is 0. The molecule has 0 radical (unpaired) electrons. The van der Waals surface area contributed by atoms with Crippen LogP contribution >= 0.6 is 0 Å². The zero-order chi connectivity index (χ0) is 20.1. The van der Waals surface area contributed by atoms with Crippen molar-refractivity contribution >= 4 is 11.7 Å². The molecule has 0 spiro atoms. The van der Waals surface area contributed by atoms with Gasteiger partial charge in [-0.1, -0.05) is 6.92 Å². The van der Waals surface area contributed by atoms with Gasteiger partial charge in [0, 0.05) is 23.8 Å². The lowest BCUT2D eigenvalue weighted by Gasteiger charge is -2.54. The van der Waals surface area contributed by atoms with Crippen LogP contribution in [0.4, 0.5) is 23.7 Å². The summed E-state index contributed by atoms with van der Waals surface area (Å²) in [7, 11) is 0. The number of amides is 2. The van der Waals surface area contributed by atoms with Gasteiger partial charge < -0.3 is 10.2 Å². The number of aryl methyl sites for hydroxylation is 1. The van der Waals surface area contributed by atoms with Crippen molar-refractivity contribution in [3.05, 3.63) is 41.6 Å². The van der Waals surface area contributed by atoms with Gasteiger partial charge in [0.1, 0.15) is 0 Å². The fourth-order valence-corrected chi connectivity index (χ4v) is 4.42. The number of halogens is 3. The Kier molecular flexibility index (Phi) is 4.51. The van der Waals surface area contributed by atoms with Crippen molar-refractivity contribution in [2.45, 2.75) is 51.4 Å². The number of carbonyl (C=O) groups is 1. The van der Waals surface area contributed by atoms with Crippen molar-refractivity contribution in [3.63, 3.8) is 0 Å². The molecule has 2 saturated heterocycles. The van der Waals surface area contributed by atoms with Crippen LogP contribution in [0.25, 0.3) is 11.3 Å². The quantitative estimate of drug-likeness (QED) is 0.795. The number of rotatable bonds is 2. The van der Waals surface area contributed by atoms with Gasteiger partial charge in [0.2, 0.25) is 0 Å². The molecule has 3 heterocycles. The number of benzene rings is 1. The fourth-order valence-electron chi connectivity index (χ4n) is 4.42. The second-order valence-corrected chi connectivity index (χ2v) is 7.78. The van der Waals surface area contributed by atoms with Gasteiger partial charge in [-0.05, 0) is 61.9 Å². The molecule has 2 aliphatic heterocycles. The summed E-state index contributed by atoms with van der Waals surface area (Å²) in [5, 5.41) is 10.3. The lowest BCUT2D eigenvalue weighted by molar-refractivity contribution is -0.136. The number of nitrogens with one attached hydrogen (secondary N) is 1. The predicted octanol–water partition coefficient (Wildman–Crippen LogP) is 4.88. The van der Waals surface area contributed by atoms with E-state index < -0.39 is 17.8 Å². The van der Waals surface area contributed by atoms with Crippen LogP contribution in [-0.2, 0) is 6.18 Å². The molecule has 28 heavy (non-hydrogen) atoms. The van der Waals surface area contributed by atoms with Crippen LogP contribution in [0, 0.1) is 12.8 Å². The maximum absolute atomic E-state index is 13.6. The number of fused-ring (bicyclic) bond motifs is 2. The largest absolute Gasteiger partial charge is 0.418 e. The molecule has 0 aliphatic carbocycles. The Hall–Kier alpha value is -2.64. The molecule has 1 aromatic carbocycles. The van der Waals surface area contributed by atoms with E-state index in [1.54, 1.807) is 24.0 Å². The lowest BCUT2D eigenvalue weighted by atomic mass is 9.74. The van der Waals surface area contributed by atoms with E-state index in [1.165, 1.54) is 12.3 Å². The molecular formula is C20H21F3N4O. The number of hydrogen-bond donors (Lipinski definition) is 1. The van der Waals surface area contributed by atoms with Crippen molar-refractivity contribution in [2.24, 2.45) is 5.92 Å². The van der Waals surface area contributed by atoms with Crippen LogP contribution in [0.3, 0.4) is 0 Å². The molecule has 2 aliphatic rings. The molecule has 1 N–H and O–H groups in total. The molecule has 2 aromatic rings. The zero-order valence-electron chi connectivity index (χ0n) is 15.6. The highest BCUT2D eigenvalue weighted by Gasteiger charge is 2.47. The third-order valence-corrected chi connectivity index (χ3v) is 5.67. The maximum Gasteiger partial charge on any atom is 0.418 e. The predicted molar refractivity (Wildman–Crippen MR) is 98.7 cm³/mol. The minimum absolute atomic E-state index is 0.119. The van der Waals surface area contributed by atoms with E-state index >= 15 is 0 Å². The topological polar surface area (TPSA) is 58.1 Å². The molecular weight excluding hydrogens is 369 g/mol. The normalized spacial score (nSPS) is 23.9. The van der Waals surface area contributed by atoms with Gasteiger partial charge in [0.25, 0.3) is 0 Å². The first-order valence-electron chi connectivity index (χ1n) is 9.33. The first-order valence-corrected chi connectivity index (χ1v) is 9.33. The van der Waals surface area contributed by atoms with E-state index in [9.17, 15) is 18.0 Å². The SMILES string of the molecule is Cc1cc(C(F)(F)F)c(NC(=O)N2C3CC(C)C[C@H]2C3)cc1-c1cccnn1. The van der Waals surface area contributed by atoms with Crippen molar-refractivity contribution in [3.8, 4) is 11.3 Å². The van der Waals surface area contributed by atoms with Crippen molar-refractivity contribution in [2.75, 3.05) is 5.32 Å². The van der Waals surface area contributed by atoms with Gasteiger partial charge in [-0.3, -0.25) is 0 Å². The molecule has 5 nitrogen and oxygen atoms in total. The van der Waals surface area contributed by atoms with Crippen LogP contribution in [0.2, 0.25) is 0 Å². The monoisotopic (exact) mass is 390 g/mol. The van der Waals surface area contributed by atoms with E-state index in [0.717, 1.165) is 25.3 Å². The Morgan fingerprint density at radius 2 is 1.93 bits per heavy atom. The number of urea groups is 1. The van der Waals surface area contributed by atoms with Gasteiger partial charge in [0.15, 0.2) is 0 Å². The van der Waals surface area contributed by atoms with Gasteiger partial charge in [-0.25, -0.2) is 4.79 Å². The summed E-state index contributed by atoms with van der Waals surface area (Å²) in [5.41, 5.74) is 0.278. The van der Waals surface area contributed by atoms with E-state index in [0.29, 0.717) is 22.7 Å². The summed E-state index contributed by atoms with van der Waals surface area (Å²) in [6.07, 6.45) is -0.352. The van der Waals surface area contributed by atoms with Crippen LogP contribution < -0.4 is 5.32 Å².